The second-order valence-electron chi connectivity index (χ2n) is 9.40. The first-order valence-electron chi connectivity index (χ1n) is 12.0. The highest BCUT2D eigenvalue weighted by Crippen LogP contribution is 2.32. The summed E-state index contributed by atoms with van der Waals surface area (Å²) >= 11 is 0. The lowest BCUT2D eigenvalue weighted by Gasteiger charge is -2.35. The van der Waals surface area contributed by atoms with Crippen LogP contribution >= 0.6 is 0 Å². The third kappa shape index (κ3) is 3.94. The Balaban J connectivity index is 1.41. The average Bonchev–Trinajstić information content (AvgIpc) is 3.09. The van der Waals surface area contributed by atoms with Gasteiger partial charge in [-0.3, -0.25) is 14.5 Å². The van der Waals surface area contributed by atoms with Crippen LogP contribution in [0.4, 0.5) is 10.5 Å². The van der Waals surface area contributed by atoms with E-state index >= 15 is 0 Å². The van der Waals surface area contributed by atoms with Gasteiger partial charge in [-0.25, -0.2) is 4.79 Å². The summed E-state index contributed by atoms with van der Waals surface area (Å²) in [5, 5.41) is 4.89. The molecule has 1 aliphatic heterocycles. The molecule has 1 aliphatic carbocycles. The zero-order valence-electron chi connectivity index (χ0n) is 19.4. The molecule has 2 aliphatic rings. The van der Waals surface area contributed by atoms with Crippen LogP contribution in [0.1, 0.15) is 44.6 Å². The predicted octanol–water partition coefficient (Wildman–Crippen LogP) is 4.97. The molecule has 1 heterocycles. The number of nitrogens with one attached hydrogen (secondary N) is 1. The second-order valence-corrected chi connectivity index (χ2v) is 9.40. The van der Waals surface area contributed by atoms with Gasteiger partial charge in [-0.05, 0) is 54.3 Å². The van der Waals surface area contributed by atoms with Gasteiger partial charge in [0.2, 0.25) is 5.91 Å². The molecule has 5 rings (SSSR count). The van der Waals surface area contributed by atoms with Gasteiger partial charge in [0.15, 0.2) is 0 Å². The van der Waals surface area contributed by atoms with E-state index in [0.29, 0.717) is 5.56 Å². The van der Waals surface area contributed by atoms with E-state index in [0.717, 1.165) is 47.0 Å². The summed E-state index contributed by atoms with van der Waals surface area (Å²) in [5.74, 6) is -0.637. The molecule has 4 amide bonds. The molecule has 1 saturated carbocycles. The number of anilines is 1. The minimum Gasteiger partial charge on any atom is -0.319 e. The van der Waals surface area contributed by atoms with Gasteiger partial charge in [0, 0.05) is 11.7 Å². The van der Waals surface area contributed by atoms with Crippen LogP contribution in [0.15, 0.2) is 72.8 Å². The van der Waals surface area contributed by atoms with Crippen molar-refractivity contribution < 1.29 is 14.4 Å². The molecule has 1 atom stereocenters. The quantitative estimate of drug-likeness (QED) is 0.552. The van der Waals surface area contributed by atoms with Crippen molar-refractivity contribution in [2.24, 2.45) is 0 Å². The molecular formula is C28H29N3O3. The number of rotatable bonds is 5. The number of imide groups is 1. The normalized spacial score (nSPS) is 21.0. The van der Waals surface area contributed by atoms with E-state index in [1.165, 1.54) is 6.42 Å². The first-order chi connectivity index (χ1) is 16.5. The van der Waals surface area contributed by atoms with Crippen molar-refractivity contribution in [1.82, 2.24) is 10.2 Å². The summed E-state index contributed by atoms with van der Waals surface area (Å²) in [6.07, 6.45) is 5.17. The molecular weight excluding hydrogens is 426 g/mol. The number of benzene rings is 3. The Morgan fingerprint density at radius 1 is 0.941 bits per heavy atom. The number of hydrogen-bond acceptors (Lipinski definition) is 3. The molecule has 174 valence electrons. The van der Waals surface area contributed by atoms with E-state index in [2.05, 4.69) is 5.32 Å². The maximum Gasteiger partial charge on any atom is 0.325 e. The van der Waals surface area contributed by atoms with E-state index in [4.69, 9.17) is 0 Å². The number of hydrogen-bond donors (Lipinski definition) is 1. The predicted molar refractivity (Wildman–Crippen MR) is 132 cm³/mol. The van der Waals surface area contributed by atoms with Gasteiger partial charge in [0.25, 0.3) is 5.91 Å². The molecule has 1 saturated heterocycles. The minimum atomic E-state index is -1.22. The molecule has 0 aromatic heterocycles. The lowest BCUT2D eigenvalue weighted by molar-refractivity contribution is -0.134. The van der Waals surface area contributed by atoms with Crippen molar-refractivity contribution in [3.05, 3.63) is 78.4 Å². The zero-order valence-corrected chi connectivity index (χ0v) is 19.4. The van der Waals surface area contributed by atoms with Crippen LogP contribution in [-0.4, -0.2) is 35.3 Å². The maximum absolute atomic E-state index is 13.6. The van der Waals surface area contributed by atoms with Gasteiger partial charge in [-0.2, -0.15) is 0 Å². The zero-order chi connectivity index (χ0) is 23.7. The Kier molecular flexibility index (Phi) is 5.82. The maximum atomic E-state index is 13.6. The van der Waals surface area contributed by atoms with Gasteiger partial charge in [-0.1, -0.05) is 73.9 Å². The van der Waals surface area contributed by atoms with Gasteiger partial charge in [0.05, 0.1) is 0 Å². The molecule has 3 aromatic rings. The molecule has 1 N–H and O–H groups in total. The third-order valence-corrected chi connectivity index (χ3v) is 7.14. The Morgan fingerprint density at radius 2 is 1.62 bits per heavy atom. The molecule has 6 heteroatoms. The van der Waals surface area contributed by atoms with Crippen molar-refractivity contribution in [3.8, 4) is 0 Å². The Labute approximate surface area is 199 Å². The first-order valence-corrected chi connectivity index (χ1v) is 12.0. The van der Waals surface area contributed by atoms with E-state index in [1.54, 1.807) is 11.8 Å². The highest BCUT2D eigenvalue weighted by atomic mass is 16.2. The highest BCUT2D eigenvalue weighted by Gasteiger charge is 2.50. The number of amides is 4. The van der Waals surface area contributed by atoms with Gasteiger partial charge in [0.1, 0.15) is 12.1 Å². The molecule has 6 nitrogen and oxygen atoms in total. The number of fused-ring (bicyclic) bond motifs is 1. The lowest BCUT2D eigenvalue weighted by atomic mass is 9.90. The van der Waals surface area contributed by atoms with Crippen molar-refractivity contribution in [2.45, 2.75) is 50.6 Å². The standard InChI is InChI=1S/C28H29N3O3/c1-28(22-17-16-20-10-8-9-11-21(20)18-22)26(33)30(27(34)29-28)19-25(32)31(23-12-4-2-5-13-23)24-14-6-3-7-15-24/h2,4-5,8-13,16-18,24H,3,6-7,14-15,19H2,1H3,(H,29,34). The number of para-hydroxylation sites is 1. The fourth-order valence-corrected chi connectivity index (χ4v) is 5.23. The van der Waals surface area contributed by atoms with Gasteiger partial charge in [-0.15, -0.1) is 0 Å². The third-order valence-electron chi connectivity index (χ3n) is 7.14. The molecule has 0 spiro atoms. The number of urea groups is 1. The van der Waals surface area contributed by atoms with Crippen LogP contribution in [0.2, 0.25) is 0 Å². The molecule has 1 unspecified atom stereocenters. The average molecular weight is 456 g/mol. The Bertz CT molecular complexity index is 1240. The van der Waals surface area contributed by atoms with E-state index in [1.807, 2.05) is 72.8 Å². The molecule has 2 fully saturated rings. The van der Waals surface area contributed by atoms with Crippen molar-refractivity contribution >= 4 is 34.3 Å². The first kappa shape index (κ1) is 22.1. The van der Waals surface area contributed by atoms with Crippen LogP contribution < -0.4 is 10.2 Å². The number of carbonyl (C=O) groups is 3. The summed E-state index contributed by atoms with van der Waals surface area (Å²) in [7, 11) is 0. The Hall–Kier alpha value is -3.67. The van der Waals surface area contributed by atoms with Crippen molar-refractivity contribution in [2.75, 3.05) is 11.4 Å². The van der Waals surface area contributed by atoms with Crippen LogP contribution in [0.5, 0.6) is 0 Å². The van der Waals surface area contributed by atoms with E-state index < -0.39 is 17.5 Å². The van der Waals surface area contributed by atoms with Crippen LogP contribution in [-0.2, 0) is 15.1 Å². The van der Waals surface area contributed by atoms with Crippen LogP contribution in [0.25, 0.3) is 10.8 Å². The second kappa shape index (κ2) is 8.93. The van der Waals surface area contributed by atoms with Crippen LogP contribution in [0, 0.1) is 0 Å². The van der Waals surface area contributed by atoms with Crippen LogP contribution in [0.3, 0.4) is 0 Å². The molecule has 34 heavy (non-hydrogen) atoms. The molecule has 0 bridgehead atoms. The topological polar surface area (TPSA) is 69.7 Å². The SMILES string of the molecule is CC1(c2ccc3ccccc3c2)NC(=O)N(CC(=O)N(c2ccccc2)C2CCCCC2)C1=O. The van der Waals surface area contributed by atoms with Gasteiger partial charge < -0.3 is 10.2 Å². The summed E-state index contributed by atoms with van der Waals surface area (Å²) < 4.78 is 0. The molecule has 0 radical (unpaired) electrons. The summed E-state index contributed by atoms with van der Waals surface area (Å²) in [5.41, 5.74) is 0.291. The smallest absolute Gasteiger partial charge is 0.319 e. The van der Waals surface area contributed by atoms with E-state index in [9.17, 15) is 14.4 Å². The van der Waals surface area contributed by atoms with Crippen molar-refractivity contribution in [3.63, 3.8) is 0 Å². The lowest BCUT2D eigenvalue weighted by Crippen LogP contribution is -2.48. The fourth-order valence-electron chi connectivity index (χ4n) is 5.23. The number of carbonyl (C=O) groups excluding carboxylic acids is 3. The summed E-state index contributed by atoms with van der Waals surface area (Å²) in [4.78, 5) is 42.9. The molecule has 3 aromatic carbocycles. The summed E-state index contributed by atoms with van der Waals surface area (Å²) in [6, 6.07) is 22.7. The largest absolute Gasteiger partial charge is 0.325 e. The summed E-state index contributed by atoms with van der Waals surface area (Å²) in [6.45, 7) is 1.43. The number of nitrogens with zero attached hydrogens (tertiary/aromatic N) is 2. The Morgan fingerprint density at radius 3 is 2.35 bits per heavy atom. The van der Waals surface area contributed by atoms with E-state index in [-0.39, 0.29) is 18.5 Å². The van der Waals surface area contributed by atoms with Crippen molar-refractivity contribution in [1.29, 1.82) is 0 Å². The monoisotopic (exact) mass is 455 g/mol. The highest BCUT2D eigenvalue weighted by molar-refractivity contribution is 6.11. The minimum absolute atomic E-state index is 0.0799. The van der Waals surface area contributed by atoms with Gasteiger partial charge >= 0.3 is 6.03 Å². The fraction of sp³-hybridized carbons (Fsp3) is 0.321.